The van der Waals surface area contributed by atoms with Crippen LogP contribution in [0.5, 0.6) is 0 Å². The van der Waals surface area contributed by atoms with E-state index in [1.54, 1.807) is 0 Å². The summed E-state index contributed by atoms with van der Waals surface area (Å²) < 4.78 is 11.0. The van der Waals surface area contributed by atoms with Crippen molar-refractivity contribution in [3.8, 4) is 34.6 Å². The predicted molar refractivity (Wildman–Crippen MR) is 197 cm³/mol. The van der Waals surface area contributed by atoms with Gasteiger partial charge >= 0.3 is 0 Å². The van der Waals surface area contributed by atoms with E-state index in [-0.39, 0.29) is 0 Å². The molecule has 0 unspecified atom stereocenters. The van der Waals surface area contributed by atoms with Crippen LogP contribution >= 0.6 is 0 Å². The molecular weight excluding hydrogens is 601 g/mol. The lowest BCUT2D eigenvalue weighted by atomic mass is 9.98. The van der Waals surface area contributed by atoms with E-state index in [1.165, 1.54) is 0 Å². The van der Waals surface area contributed by atoms with Crippen LogP contribution in [0.2, 0.25) is 0 Å². The molecule has 5 heteroatoms. The van der Waals surface area contributed by atoms with Crippen molar-refractivity contribution in [2.24, 2.45) is 0 Å². The van der Waals surface area contributed by atoms with Crippen LogP contribution in [0, 0.1) is 22.7 Å². The number of para-hydroxylation sites is 4. The fraction of sp³-hybridized carbons (Fsp3) is 0. The molecule has 0 N–H and O–H groups in total. The number of hydrogen-bond donors (Lipinski definition) is 0. The molecule has 10 aromatic rings. The first-order valence-electron chi connectivity index (χ1n) is 16.1. The fourth-order valence-corrected chi connectivity index (χ4v) is 7.70. The molecular formula is C44H24N4O. The Bertz CT molecular complexity index is 3070. The van der Waals surface area contributed by atoms with Crippen molar-refractivity contribution in [3.05, 3.63) is 157 Å². The van der Waals surface area contributed by atoms with Crippen LogP contribution in [0.1, 0.15) is 11.1 Å². The molecule has 0 atom stereocenters. The number of benzene rings is 7. The minimum absolute atomic E-state index is 0.567. The van der Waals surface area contributed by atoms with Gasteiger partial charge in [-0.15, -0.1) is 0 Å². The second-order valence-electron chi connectivity index (χ2n) is 12.3. The minimum Gasteiger partial charge on any atom is -0.455 e. The van der Waals surface area contributed by atoms with Crippen molar-refractivity contribution < 1.29 is 4.42 Å². The van der Waals surface area contributed by atoms with Gasteiger partial charge in [0.05, 0.1) is 50.3 Å². The number of fused-ring (bicyclic) bond motifs is 10. The van der Waals surface area contributed by atoms with Crippen LogP contribution in [-0.4, -0.2) is 9.13 Å². The predicted octanol–water partition coefficient (Wildman–Crippen LogP) is 11.2. The van der Waals surface area contributed by atoms with E-state index in [1.807, 2.05) is 66.7 Å². The Morgan fingerprint density at radius 1 is 0.490 bits per heavy atom. The van der Waals surface area contributed by atoms with Crippen molar-refractivity contribution in [2.75, 3.05) is 0 Å². The summed E-state index contributed by atoms with van der Waals surface area (Å²) in [6, 6.07) is 54.2. The molecule has 0 aliphatic carbocycles. The van der Waals surface area contributed by atoms with Gasteiger partial charge in [-0.2, -0.15) is 10.5 Å². The molecule has 0 fully saturated rings. The van der Waals surface area contributed by atoms with Gasteiger partial charge in [0.25, 0.3) is 0 Å². The molecule has 49 heavy (non-hydrogen) atoms. The summed E-state index contributed by atoms with van der Waals surface area (Å²) in [5.74, 6) is 0. The molecule has 0 saturated heterocycles. The molecule has 10 rings (SSSR count). The maximum Gasteiger partial charge on any atom is 0.145 e. The van der Waals surface area contributed by atoms with Gasteiger partial charge < -0.3 is 13.6 Å². The maximum atomic E-state index is 10.5. The number of nitriles is 2. The van der Waals surface area contributed by atoms with E-state index in [4.69, 9.17) is 4.42 Å². The van der Waals surface area contributed by atoms with E-state index in [0.717, 1.165) is 88.1 Å². The number of hydrogen-bond acceptors (Lipinski definition) is 3. The van der Waals surface area contributed by atoms with E-state index in [0.29, 0.717) is 11.1 Å². The Hall–Kier alpha value is -7.08. The van der Waals surface area contributed by atoms with Gasteiger partial charge in [0.1, 0.15) is 17.2 Å². The molecule has 0 radical (unpaired) electrons. The van der Waals surface area contributed by atoms with Crippen molar-refractivity contribution >= 4 is 65.6 Å². The Labute approximate surface area is 280 Å². The van der Waals surface area contributed by atoms with Crippen LogP contribution in [0.4, 0.5) is 0 Å². The summed E-state index contributed by atoms with van der Waals surface area (Å²) in [5.41, 5.74) is 10.7. The lowest BCUT2D eigenvalue weighted by molar-refractivity contribution is 0.673. The lowest BCUT2D eigenvalue weighted by Crippen LogP contribution is -2.01. The largest absolute Gasteiger partial charge is 0.455 e. The molecule has 3 heterocycles. The van der Waals surface area contributed by atoms with Crippen LogP contribution < -0.4 is 0 Å². The molecule has 0 aliphatic heterocycles. The van der Waals surface area contributed by atoms with Crippen LogP contribution in [0.3, 0.4) is 0 Å². The third-order valence-electron chi connectivity index (χ3n) is 9.78. The standard InChI is InChI=1S/C44H24N4O/c45-25-27-17-21-38-36(23-27)32-12-4-6-15-37(32)48(38)43-29(26-46)9-8-14-31(43)28-18-19-35-40(24-28)47(30-10-2-1-3-11-30)39-22-20-34-33-13-5-7-16-41(33)49-44(34)42(35)39/h1-24H. The highest BCUT2D eigenvalue weighted by Crippen LogP contribution is 2.43. The number of rotatable bonds is 3. The van der Waals surface area contributed by atoms with Crippen molar-refractivity contribution in [1.29, 1.82) is 10.5 Å². The summed E-state index contributed by atoms with van der Waals surface area (Å²) in [7, 11) is 0. The van der Waals surface area contributed by atoms with Gasteiger partial charge in [-0.25, -0.2) is 0 Å². The van der Waals surface area contributed by atoms with E-state index < -0.39 is 0 Å². The van der Waals surface area contributed by atoms with E-state index in [9.17, 15) is 10.5 Å². The Balaban J connectivity index is 1.31. The zero-order valence-corrected chi connectivity index (χ0v) is 26.1. The quantitative estimate of drug-likeness (QED) is 0.196. The number of nitrogens with zero attached hydrogens (tertiary/aromatic N) is 4. The van der Waals surface area contributed by atoms with Gasteiger partial charge in [-0.05, 0) is 72.3 Å². The van der Waals surface area contributed by atoms with E-state index >= 15 is 0 Å². The summed E-state index contributed by atoms with van der Waals surface area (Å²) in [6.07, 6.45) is 0. The number of furan rings is 1. The molecule has 0 bridgehead atoms. The van der Waals surface area contributed by atoms with Crippen LogP contribution in [-0.2, 0) is 0 Å². The van der Waals surface area contributed by atoms with Gasteiger partial charge in [0.2, 0.25) is 0 Å². The average molecular weight is 625 g/mol. The fourth-order valence-electron chi connectivity index (χ4n) is 7.70. The summed E-state index contributed by atoms with van der Waals surface area (Å²) in [6.45, 7) is 0. The number of aromatic nitrogens is 2. The highest BCUT2D eigenvalue weighted by atomic mass is 16.3. The van der Waals surface area contributed by atoms with Crippen molar-refractivity contribution in [3.63, 3.8) is 0 Å². The second kappa shape index (κ2) is 10.2. The molecule has 3 aromatic heterocycles. The maximum absolute atomic E-state index is 10.5. The first kappa shape index (κ1) is 27.1. The van der Waals surface area contributed by atoms with Gasteiger partial charge in [-0.3, -0.25) is 0 Å². The summed E-state index contributed by atoms with van der Waals surface area (Å²) >= 11 is 0. The topological polar surface area (TPSA) is 70.6 Å². The summed E-state index contributed by atoms with van der Waals surface area (Å²) in [5, 5.41) is 26.6. The average Bonchev–Trinajstić information content (AvgIpc) is 3.81. The molecule has 7 aromatic carbocycles. The van der Waals surface area contributed by atoms with Gasteiger partial charge in [-0.1, -0.05) is 78.9 Å². The Kier molecular flexibility index (Phi) is 5.64. The van der Waals surface area contributed by atoms with Crippen molar-refractivity contribution in [1.82, 2.24) is 9.13 Å². The monoisotopic (exact) mass is 624 g/mol. The zero-order valence-electron chi connectivity index (χ0n) is 26.1. The third-order valence-corrected chi connectivity index (χ3v) is 9.78. The Morgan fingerprint density at radius 2 is 1.24 bits per heavy atom. The van der Waals surface area contributed by atoms with Gasteiger partial charge in [0.15, 0.2) is 0 Å². The first-order valence-corrected chi connectivity index (χ1v) is 16.1. The highest BCUT2D eigenvalue weighted by molar-refractivity contribution is 6.24. The lowest BCUT2D eigenvalue weighted by Gasteiger charge is -2.16. The van der Waals surface area contributed by atoms with Crippen molar-refractivity contribution in [2.45, 2.75) is 0 Å². The SMILES string of the molecule is N#Cc1ccc2c(c1)c1ccccc1n2-c1c(C#N)cccc1-c1ccc2c3c4oc5ccccc5c4ccc3n(-c3ccccc3)c2c1. The van der Waals surface area contributed by atoms with Gasteiger partial charge in [0, 0.05) is 38.2 Å². The van der Waals surface area contributed by atoms with Crippen LogP contribution in [0.15, 0.2) is 150 Å². The molecule has 5 nitrogen and oxygen atoms in total. The minimum atomic E-state index is 0.567. The second-order valence-corrected chi connectivity index (χ2v) is 12.3. The van der Waals surface area contributed by atoms with Crippen LogP contribution in [0.25, 0.3) is 88.1 Å². The molecule has 226 valence electrons. The molecule has 0 amide bonds. The third kappa shape index (κ3) is 3.79. The molecule has 0 spiro atoms. The zero-order chi connectivity index (χ0) is 32.6. The first-order chi connectivity index (χ1) is 24.2. The summed E-state index contributed by atoms with van der Waals surface area (Å²) in [4.78, 5) is 0. The highest BCUT2D eigenvalue weighted by Gasteiger charge is 2.22. The Morgan fingerprint density at radius 3 is 2.10 bits per heavy atom. The molecule has 0 saturated carbocycles. The smallest absolute Gasteiger partial charge is 0.145 e. The molecule has 0 aliphatic rings. The van der Waals surface area contributed by atoms with E-state index in [2.05, 4.69) is 100 Å². The normalized spacial score (nSPS) is 11.6.